The highest BCUT2D eigenvalue weighted by Gasteiger charge is 2.19. The molecular weight excluding hydrogens is 504 g/mol. The third-order valence-corrected chi connectivity index (χ3v) is 6.94. The fourth-order valence-corrected chi connectivity index (χ4v) is 5.00. The molecule has 0 aliphatic heterocycles. The van der Waals surface area contributed by atoms with E-state index in [4.69, 9.17) is 21.3 Å². The van der Waals surface area contributed by atoms with Gasteiger partial charge in [0, 0.05) is 11.3 Å². The van der Waals surface area contributed by atoms with E-state index in [2.05, 4.69) is 20.3 Å². The lowest BCUT2D eigenvalue weighted by Gasteiger charge is -2.19. The first-order chi connectivity index (χ1) is 19.3. The molecule has 0 saturated heterocycles. The summed E-state index contributed by atoms with van der Waals surface area (Å²) in [5.41, 5.74) is 17.3. The molecule has 0 aliphatic rings. The topological polar surface area (TPSA) is 162 Å². The Balaban J connectivity index is 1.43. The summed E-state index contributed by atoms with van der Waals surface area (Å²) in [6.45, 7) is 4.16. The number of hydrogen-bond acceptors (Lipinski definition) is 9. The molecule has 6 N–H and O–H groups in total. The molecule has 0 spiro atoms. The molecule has 0 fully saturated rings. The highest BCUT2D eigenvalue weighted by molar-refractivity contribution is 6.17. The van der Waals surface area contributed by atoms with E-state index in [-0.39, 0.29) is 29.6 Å². The minimum absolute atomic E-state index is 0.0499. The number of nitrogens with zero attached hydrogens (tertiary/aromatic N) is 4. The first-order valence-electron chi connectivity index (χ1n) is 12.6. The first-order valence-corrected chi connectivity index (χ1v) is 12.6. The van der Waals surface area contributed by atoms with Crippen LogP contribution in [-0.4, -0.2) is 25.2 Å². The van der Waals surface area contributed by atoms with E-state index in [1.54, 1.807) is 22.8 Å². The van der Waals surface area contributed by atoms with Gasteiger partial charge in [-0.1, -0.05) is 36.4 Å². The summed E-state index contributed by atoms with van der Waals surface area (Å²) < 4.78 is 7.09. The van der Waals surface area contributed by atoms with Crippen molar-refractivity contribution in [1.29, 1.82) is 5.41 Å². The first kappa shape index (κ1) is 24.8. The average Bonchev–Trinajstić information content (AvgIpc) is 3.31. The molecule has 0 amide bonds. The number of rotatable bonds is 6. The van der Waals surface area contributed by atoms with Gasteiger partial charge in [-0.2, -0.15) is 4.98 Å². The predicted molar refractivity (Wildman–Crippen MR) is 157 cm³/mol. The number of anilines is 3. The van der Waals surface area contributed by atoms with Crippen LogP contribution >= 0.6 is 0 Å². The summed E-state index contributed by atoms with van der Waals surface area (Å²) in [7, 11) is 0. The predicted octanol–water partition coefficient (Wildman–Crippen LogP) is 4.73. The van der Waals surface area contributed by atoms with Crippen LogP contribution in [-0.2, 0) is 6.54 Å². The van der Waals surface area contributed by atoms with Crippen LogP contribution in [0.4, 0.5) is 17.7 Å². The van der Waals surface area contributed by atoms with Crippen molar-refractivity contribution in [2.45, 2.75) is 20.4 Å². The monoisotopic (exact) mass is 530 g/mol. The molecule has 0 unspecified atom stereocenters. The number of fused-ring (bicyclic) bond motifs is 2. The normalized spacial score (nSPS) is 11.2. The molecule has 198 valence electrons. The number of nitrogens with one attached hydrogen (secondary N) is 2. The number of benzene rings is 3. The number of aryl methyl sites for hydroxylation is 2. The van der Waals surface area contributed by atoms with E-state index >= 15 is 0 Å². The largest absolute Gasteiger partial charge is 0.424 e. The van der Waals surface area contributed by atoms with Crippen LogP contribution in [0, 0.1) is 19.3 Å². The van der Waals surface area contributed by atoms with Crippen LogP contribution in [0.5, 0.6) is 0 Å². The molecule has 40 heavy (non-hydrogen) atoms. The molecule has 0 saturated carbocycles. The summed E-state index contributed by atoms with van der Waals surface area (Å²) in [5.74, 6) is 0.512. The number of oxazole rings is 1. The molecule has 0 aliphatic carbocycles. The van der Waals surface area contributed by atoms with Gasteiger partial charge in [-0.25, -0.2) is 9.97 Å². The zero-order chi connectivity index (χ0) is 28.0. The summed E-state index contributed by atoms with van der Waals surface area (Å²) in [6.07, 6.45) is 1.34. The van der Waals surface area contributed by atoms with E-state index < -0.39 is 0 Å². The van der Waals surface area contributed by atoms with Gasteiger partial charge in [-0.15, -0.1) is 0 Å². The van der Waals surface area contributed by atoms with E-state index in [1.807, 2.05) is 62.4 Å². The van der Waals surface area contributed by atoms with Crippen molar-refractivity contribution in [3.05, 3.63) is 111 Å². The molecule has 3 aromatic heterocycles. The van der Waals surface area contributed by atoms with Gasteiger partial charge >= 0.3 is 0 Å². The average molecular weight is 531 g/mol. The van der Waals surface area contributed by atoms with E-state index in [9.17, 15) is 4.79 Å². The Morgan fingerprint density at radius 3 is 2.62 bits per heavy atom. The Labute approximate surface area is 228 Å². The van der Waals surface area contributed by atoms with Gasteiger partial charge in [0.2, 0.25) is 0 Å². The van der Waals surface area contributed by atoms with Crippen molar-refractivity contribution in [3.63, 3.8) is 0 Å². The van der Waals surface area contributed by atoms with E-state index in [1.165, 1.54) is 6.33 Å². The van der Waals surface area contributed by atoms with Crippen LogP contribution < -0.4 is 22.3 Å². The van der Waals surface area contributed by atoms with Crippen LogP contribution in [0.15, 0.2) is 82.3 Å². The smallest absolute Gasteiger partial charge is 0.292 e. The zero-order valence-electron chi connectivity index (χ0n) is 21.9. The molecule has 6 aromatic rings. The number of para-hydroxylation sites is 1. The summed E-state index contributed by atoms with van der Waals surface area (Å²) in [5, 5.41) is 13.8. The van der Waals surface area contributed by atoms with Gasteiger partial charge in [0.25, 0.3) is 11.6 Å². The summed E-state index contributed by atoms with van der Waals surface area (Å²) in [4.78, 5) is 26.6. The quantitative estimate of drug-likeness (QED) is 0.225. The van der Waals surface area contributed by atoms with Crippen LogP contribution in [0.2, 0.25) is 0 Å². The highest BCUT2D eigenvalue weighted by atomic mass is 16.4. The van der Waals surface area contributed by atoms with Crippen molar-refractivity contribution in [3.8, 4) is 5.69 Å². The number of aromatic nitrogens is 4. The minimum atomic E-state index is -0.0999. The van der Waals surface area contributed by atoms with Gasteiger partial charge in [0.1, 0.15) is 23.5 Å². The SMILES string of the molecule is Cc1ccccc1-n1c(CNc2ncnc(N)c2C(=N)c2ccc3oc(N)nc3c2)cc2cccc(C)c2c1=O. The van der Waals surface area contributed by atoms with Crippen LogP contribution in [0.25, 0.3) is 27.6 Å². The van der Waals surface area contributed by atoms with Gasteiger partial charge in [0.05, 0.1) is 28.9 Å². The zero-order valence-corrected chi connectivity index (χ0v) is 21.9. The minimum Gasteiger partial charge on any atom is -0.424 e. The Morgan fingerprint density at radius 2 is 1.80 bits per heavy atom. The number of hydrogen-bond donors (Lipinski definition) is 4. The van der Waals surface area contributed by atoms with Crippen LogP contribution in [0.1, 0.15) is 27.9 Å². The molecule has 0 radical (unpaired) electrons. The van der Waals surface area contributed by atoms with Gasteiger partial charge in [-0.3, -0.25) is 14.8 Å². The Morgan fingerprint density at radius 1 is 1.00 bits per heavy atom. The fraction of sp³-hybridized carbons (Fsp3) is 0.100. The second-order valence-corrected chi connectivity index (χ2v) is 9.55. The molecule has 3 heterocycles. The van der Waals surface area contributed by atoms with Crippen molar-refractivity contribution >= 4 is 45.2 Å². The number of nitrogen functional groups attached to an aromatic ring is 2. The highest BCUT2D eigenvalue weighted by Crippen LogP contribution is 2.26. The van der Waals surface area contributed by atoms with Crippen LogP contribution in [0.3, 0.4) is 0 Å². The van der Waals surface area contributed by atoms with E-state index in [0.29, 0.717) is 33.4 Å². The molecule has 10 nitrogen and oxygen atoms in total. The number of pyridine rings is 1. The standard InChI is InChI=1S/C30H26N8O2/c1-16-6-3-4-9-22(16)38-20(12-18-8-5-7-17(2)24(18)29(38)39)14-34-28-25(27(32)35-15-36-28)26(31)19-10-11-23-21(13-19)37-30(33)40-23/h3-13,15,31H,14H2,1-2H3,(H2,33,37)(H3,32,34,35,36). The lowest BCUT2D eigenvalue weighted by atomic mass is 10.0. The Bertz CT molecular complexity index is 2010. The summed E-state index contributed by atoms with van der Waals surface area (Å²) in [6, 6.07) is 20.8. The Hall–Kier alpha value is -5.51. The molecule has 10 heteroatoms. The summed E-state index contributed by atoms with van der Waals surface area (Å²) >= 11 is 0. The second-order valence-electron chi connectivity index (χ2n) is 9.55. The van der Waals surface area contributed by atoms with Crippen molar-refractivity contribution in [2.75, 3.05) is 16.8 Å². The molecule has 6 rings (SSSR count). The maximum absolute atomic E-state index is 13.9. The third kappa shape index (κ3) is 4.21. The van der Waals surface area contributed by atoms with Gasteiger partial charge < -0.3 is 21.2 Å². The lowest BCUT2D eigenvalue weighted by molar-refractivity contribution is 0.626. The Kier molecular flexibility index (Phi) is 5.99. The maximum atomic E-state index is 13.9. The molecule has 3 aromatic carbocycles. The van der Waals surface area contributed by atoms with Gasteiger partial charge in [0.15, 0.2) is 5.58 Å². The lowest BCUT2D eigenvalue weighted by Crippen LogP contribution is -2.25. The molecule has 0 bridgehead atoms. The van der Waals surface area contributed by atoms with Gasteiger partial charge in [-0.05, 0) is 60.7 Å². The second kappa shape index (κ2) is 9.66. The van der Waals surface area contributed by atoms with Crippen molar-refractivity contribution in [1.82, 2.24) is 19.5 Å². The van der Waals surface area contributed by atoms with Crippen molar-refractivity contribution in [2.24, 2.45) is 0 Å². The fourth-order valence-electron chi connectivity index (χ4n) is 5.00. The van der Waals surface area contributed by atoms with E-state index in [0.717, 1.165) is 27.9 Å². The molecule has 0 atom stereocenters. The van der Waals surface area contributed by atoms with Crippen molar-refractivity contribution < 1.29 is 4.42 Å². The third-order valence-electron chi connectivity index (χ3n) is 6.94. The number of nitrogens with two attached hydrogens (primary N) is 2. The molecular formula is C30H26N8O2. The maximum Gasteiger partial charge on any atom is 0.292 e.